The summed E-state index contributed by atoms with van der Waals surface area (Å²) in [5.74, 6) is 2.75. The highest BCUT2D eigenvalue weighted by molar-refractivity contribution is 5.06. The SMILES string of the molecule is C#C[C@@]1(C)CO[C@H](COC)C1. The van der Waals surface area contributed by atoms with Crippen molar-refractivity contribution in [2.24, 2.45) is 5.41 Å². The molecule has 0 amide bonds. The average molecular weight is 154 g/mol. The zero-order valence-corrected chi connectivity index (χ0v) is 7.09. The molecule has 1 saturated heterocycles. The molecule has 62 valence electrons. The van der Waals surface area contributed by atoms with E-state index in [2.05, 4.69) is 5.92 Å². The van der Waals surface area contributed by atoms with Crippen LogP contribution in [0.4, 0.5) is 0 Å². The fourth-order valence-electron chi connectivity index (χ4n) is 1.32. The van der Waals surface area contributed by atoms with E-state index in [1.807, 2.05) is 6.92 Å². The lowest BCUT2D eigenvalue weighted by atomic mass is 9.89. The summed E-state index contributed by atoms with van der Waals surface area (Å²) in [4.78, 5) is 0. The number of rotatable bonds is 2. The molecule has 0 saturated carbocycles. The van der Waals surface area contributed by atoms with Crippen molar-refractivity contribution < 1.29 is 9.47 Å². The molecule has 0 aromatic rings. The maximum atomic E-state index is 5.43. The fraction of sp³-hybridized carbons (Fsp3) is 0.778. The van der Waals surface area contributed by atoms with Crippen LogP contribution in [0, 0.1) is 17.8 Å². The van der Waals surface area contributed by atoms with Crippen LogP contribution in [-0.4, -0.2) is 26.4 Å². The first-order valence-corrected chi connectivity index (χ1v) is 3.78. The van der Waals surface area contributed by atoms with Gasteiger partial charge in [0.05, 0.1) is 24.7 Å². The van der Waals surface area contributed by atoms with Gasteiger partial charge in [-0.25, -0.2) is 0 Å². The van der Waals surface area contributed by atoms with Gasteiger partial charge in [-0.1, -0.05) is 5.92 Å². The predicted molar refractivity (Wildman–Crippen MR) is 43.2 cm³/mol. The molecule has 0 aliphatic carbocycles. The van der Waals surface area contributed by atoms with Crippen LogP contribution in [0.25, 0.3) is 0 Å². The molecule has 1 aliphatic rings. The second kappa shape index (κ2) is 3.25. The van der Waals surface area contributed by atoms with Gasteiger partial charge in [0.1, 0.15) is 0 Å². The summed E-state index contributed by atoms with van der Waals surface area (Å²) in [5.41, 5.74) is -0.0663. The second-order valence-electron chi connectivity index (χ2n) is 3.30. The van der Waals surface area contributed by atoms with Gasteiger partial charge in [-0.15, -0.1) is 6.42 Å². The Morgan fingerprint density at radius 2 is 2.55 bits per heavy atom. The van der Waals surface area contributed by atoms with E-state index in [-0.39, 0.29) is 11.5 Å². The molecule has 0 aromatic carbocycles. The minimum absolute atomic E-state index is 0.0663. The molecule has 0 spiro atoms. The third-order valence-corrected chi connectivity index (χ3v) is 2.02. The van der Waals surface area contributed by atoms with E-state index in [4.69, 9.17) is 15.9 Å². The Hall–Kier alpha value is -0.520. The highest BCUT2D eigenvalue weighted by Gasteiger charge is 2.34. The molecule has 0 N–H and O–H groups in total. The summed E-state index contributed by atoms with van der Waals surface area (Å²) in [6.45, 7) is 3.36. The molecule has 0 unspecified atom stereocenters. The standard InChI is InChI=1S/C9H14O2/c1-4-9(2)5-8(6-10-3)11-7-9/h1,8H,5-7H2,2-3H3/t8-,9+/m0/s1. The van der Waals surface area contributed by atoms with Crippen molar-refractivity contribution in [3.63, 3.8) is 0 Å². The van der Waals surface area contributed by atoms with Crippen molar-refractivity contribution in [1.29, 1.82) is 0 Å². The Morgan fingerprint density at radius 1 is 1.82 bits per heavy atom. The minimum Gasteiger partial charge on any atom is -0.382 e. The maximum absolute atomic E-state index is 5.43. The van der Waals surface area contributed by atoms with Gasteiger partial charge in [0.15, 0.2) is 0 Å². The summed E-state index contributed by atoms with van der Waals surface area (Å²) in [7, 11) is 1.68. The average Bonchev–Trinajstić information content (AvgIpc) is 2.35. The highest BCUT2D eigenvalue weighted by atomic mass is 16.5. The number of ether oxygens (including phenoxy) is 2. The Kier molecular flexibility index (Phi) is 2.53. The van der Waals surface area contributed by atoms with Gasteiger partial charge in [-0.05, 0) is 13.3 Å². The summed E-state index contributed by atoms with van der Waals surface area (Å²) < 4.78 is 10.4. The zero-order chi connectivity index (χ0) is 8.32. The molecular weight excluding hydrogens is 140 g/mol. The molecule has 1 fully saturated rings. The van der Waals surface area contributed by atoms with Gasteiger partial charge >= 0.3 is 0 Å². The topological polar surface area (TPSA) is 18.5 Å². The Morgan fingerprint density at radius 3 is 3.00 bits per heavy atom. The van der Waals surface area contributed by atoms with Crippen LogP contribution in [0.2, 0.25) is 0 Å². The molecule has 0 bridgehead atoms. The van der Waals surface area contributed by atoms with Crippen molar-refractivity contribution in [3.8, 4) is 12.3 Å². The molecule has 2 atom stereocenters. The normalized spacial score (nSPS) is 37.0. The van der Waals surface area contributed by atoms with Crippen molar-refractivity contribution in [1.82, 2.24) is 0 Å². The van der Waals surface area contributed by atoms with Crippen LogP contribution in [0.15, 0.2) is 0 Å². The number of hydrogen-bond donors (Lipinski definition) is 0. The summed E-state index contributed by atoms with van der Waals surface area (Å²) in [5, 5.41) is 0. The molecular formula is C9H14O2. The van der Waals surface area contributed by atoms with Crippen molar-refractivity contribution in [2.45, 2.75) is 19.4 Å². The van der Waals surface area contributed by atoms with E-state index in [1.165, 1.54) is 0 Å². The summed E-state index contributed by atoms with van der Waals surface area (Å²) in [6, 6.07) is 0. The lowest BCUT2D eigenvalue weighted by molar-refractivity contribution is 0.0360. The third-order valence-electron chi connectivity index (χ3n) is 2.02. The Labute approximate surface area is 67.9 Å². The van der Waals surface area contributed by atoms with Crippen LogP contribution >= 0.6 is 0 Å². The molecule has 1 rings (SSSR count). The van der Waals surface area contributed by atoms with Crippen LogP contribution in [0.3, 0.4) is 0 Å². The van der Waals surface area contributed by atoms with E-state index in [0.29, 0.717) is 13.2 Å². The van der Waals surface area contributed by atoms with Crippen LogP contribution in [-0.2, 0) is 9.47 Å². The number of methoxy groups -OCH3 is 1. The van der Waals surface area contributed by atoms with E-state index in [9.17, 15) is 0 Å². The van der Waals surface area contributed by atoms with Crippen LogP contribution in [0.1, 0.15) is 13.3 Å². The first-order chi connectivity index (χ1) is 5.20. The summed E-state index contributed by atoms with van der Waals surface area (Å²) in [6.07, 6.45) is 6.47. The van der Waals surface area contributed by atoms with Crippen molar-refractivity contribution >= 4 is 0 Å². The lowest BCUT2D eigenvalue weighted by Gasteiger charge is -2.12. The summed E-state index contributed by atoms with van der Waals surface area (Å²) >= 11 is 0. The Balaban J connectivity index is 2.41. The van der Waals surface area contributed by atoms with Crippen molar-refractivity contribution in [2.75, 3.05) is 20.3 Å². The Bertz CT molecular complexity index is 171. The predicted octanol–water partition coefficient (Wildman–Crippen LogP) is 1.06. The first kappa shape index (κ1) is 8.58. The molecule has 1 heterocycles. The quantitative estimate of drug-likeness (QED) is 0.554. The molecule has 0 aromatic heterocycles. The van der Waals surface area contributed by atoms with Gasteiger partial charge in [0.2, 0.25) is 0 Å². The third kappa shape index (κ3) is 1.95. The van der Waals surface area contributed by atoms with E-state index in [0.717, 1.165) is 6.42 Å². The zero-order valence-electron chi connectivity index (χ0n) is 7.09. The minimum atomic E-state index is -0.0663. The molecule has 11 heavy (non-hydrogen) atoms. The van der Waals surface area contributed by atoms with Crippen LogP contribution < -0.4 is 0 Å². The van der Waals surface area contributed by atoms with Gasteiger partial charge in [0, 0.05) is 7.11 Å². The van der Waals surface area contributed by atoms with E-state index >= 15 is 0 Å². The molecule has 2 nitrogen and oxygen atoms in total. The highest BCUT2D eigenvalue weighted by Crippen LogP contribution is 2.31. The van der Waals surface area contributed by atoms with Crippen molar-refractivity contribution in [3.05, 3.63) is 0 Å². The second-order valence-corrected chi connectivity index (χ2v) is 3.30. The lowest BCUT2D eigenvalue weighted by Crippen LogP contribution is -2.15. The number of hydrogen-bond acceptors (Lipinski definition) is 2. The van der Waals surface area contributed by atoms with Crippen LogP contribution in [0.5, 0.6) is 0 Å². The molecule has 0 radical (unpaired) electrons. The monoisotopic (exact) mass is 154 g/mol. The van der Waals surface area contributed by atoms with E-state index in [1.54, 1.807) is 7.11 Å². The first-order valence-electron chi connectivity index (χ1n) is 3.78. The number of terminal acetylenes is 1. The van der Waals surface area contributed by atoms with Gasteiger partial charge < -0.3 is 9.47 Å². The van der Waals surface area contributed by atoms with Gasteiger partial charge in [-0.2, -0.15) is 0 Å². The smallest absolute Gasteiger partial charge is 0.0824 e. The van der Waals surface area contributed by atoms with E-state index < -0.39 is 0 Å². The molecule has 1 aliphatic heterocycles. The maximum Gasteiger partial charge on any atom is 0.0824 e. The molecule has 2 heteroatoms. The fourth-order valence-corrected chi connectivity index (χ4v) is 1.32. The van der Waals surface area contributed by atoms with Gasteiger partial charge in [0.25, 0.3) is 0 Å². The largest absolute Gasteiger partial charge is 0.382 e. The van der Waals surface area contributed by atoms with Gasteiger partial charge in [-0.3, -0.25) is 0 Å².